The van der Waals surface area contributed by atoms with E-state index in [0.29, 0.717) is 22.1 Å². The van der Waals surface area contributed by atoms with Gasteiger partial charge in [-0.1, -0.05) is 12.8 Å². The van der Waals surface area contributed by atoms with Crippen molar-refractivity contribution in [2.75, 3.05) is 5.32 Å². The minimum absolute atomic E-state index is 0.129. The van der Waals surface area contributed by atoms with Gasteiger partial charge < -0.3 is 20.7 Å². The molecule has 0 aromatic carbocycles. The van der Waals surface area contributed by atoms with Crippen molar-refractivity contribution in [1.82, 2.24) is 15.3 Å². The van der Waals surface area contributed by atoms with Crippen LogP contribution in [0, 0.1) is 11.2 Å². The summed E-state index contributed by atoms with van der Waals surface area (Å²) in [6, 6.07) is 1.44. The van der Waals surface area contributed by atoms with Gasteiger partial charge in [0.05, 0.1) is 11.9 Å². The zero-order chi connectivity index (χ0) is 17.4. The van der Waals surface area contributed by atoms with Crippen LogP contribution < -0.4 is 10.6 Å². The summed E-state index contributed by atoms with van der Waals surface area (Å²) in [4.78, 5) is 19.1. The first-order chi connectivity index (χ1) is 12.0. The number of aromatic nitrogens is 2. The summed E-state index contributed by atoms with van der Waals surface area (Å²) in [5, 5.41) is 16.4. The van der Waals surface area contributed by atoms with Crippen molar-refractivity contribution in [3.63, 3.8) is 0 Å². The highest BCUT2D eigenvalue weighted by molar-refractivity contribution is 5.92. The lowest BCUT2D eigenvalue weighted by molar-refractivity contribution is -0.128. The van der Waals surface area contributed by atoms with Crippen LogP contribution in [-0.4, -0.2) is 33.3 Å². The molecule has 2 fully saturated rings. The fourth-order valence-electron chi connectivity index (χ4n) is 4.50. The average Bonchev–Trinajstić information content (AvgIpc) is 3.30. The summed E-state index contributed by atoms with van der Waals surface area (Å²) >= 11 is 0. The summed E-state index contributed by atoms with van der Waals surface area (Å²) in [6.45, 7) is 0. The Morgan fingerprint density at radius 1 is 1.40 bits per heavy atom. The number of hydrogen-bond donors (Lipinski definition) is 4. The fourth-order valence-corrected chi connectivity index (χ4v) is 4.50. The molecule has 0 aliphatic heterocycles. The smallest absolute Gasteiger partial charge is 0.270 e. The van der Waals surface area contributed by atoms with Gasteiger partial charge in [-0.25, -0.2) is 9.37 Å². The highest BCUT2D eigenvalue weighted by Gasteiger charge is 2.41. The standard InChI is InChI=1S/C18H23FN4O2/c19-11-7-13-14(10-21-15(13)20-9-11)23-17(25)16(24)22-12-3-6-18(8-12)4-1-2-5-18/h7,9-10,12,17,23,25H,1-6,8H2,(H,20,21)(H,22,24)/t12-,17?/m0/s1. The predicted octanol–water partition coefficient (Wildman–Crippen LogP) is 2.66. The van der Waals surface area contributed by atoms with Crippen LogP contribution in [0.15, 0.2) is 18.5 Å². The van der Waals surface area contributed by atoms with E-state index in [2.05, 4.69) is 20.6 Å². The van der Waals surface area contributed by atoms with E-state index in [1.54, 1.807) is 6.20 Å². The van der Waals surface area contributed by atoms with Gasteiger partial charge >= 0.3 is 0 Å². The van der Waals surface area contributed by atoms with Gasteiger partial charge in [0.25, 0.3) is 5.91 Å². The molecule has 0 bridgehead atoms. The van der Waals surface area contributed by atoms with Gasteiger partial charge in [-0.15, -0.1) is 0 Å². The van der Waals surface area contributed by atoms with Crippen molar-refractivity contribution in [2.24, 2.45) is 5.41 Å². The van der Waals surface area contributed by atoms with Crippen LogP contribution in [0.4, 0.5) is 10.1 Å². The van der Waals surface area contributed by atoms with E-state index >= 15 is 0 Å². The molecule has 2 aromatic heterocycles. The second kappa shape index (κ2) is 6.29. The number of nitrogens with zero attached hydrogens (tertiary/aromatic N) is 1. The Labute approximate surface area is 145 Å². The second-order valence-electron chi connectivity index (χ2n) is 7.45. The van der Waals surface area contributed by atoms with E-state index < -0.39 is 18.0 Å². The summed E-state index contributed by atoms with van der Waals surface area (Å²) in [5.41, 5.74) is 1.36. The number of amides is 1. The molecule has 2 aliphatic carbocycles. The van der Waals surface area contributed by atoms with Crippen LogP contribution in [0.2, 0.25) is 0 Å². The molecule has 2 heterocycles. The molecule has 0 saturated heterocycles. The van der Waals surface area contributed by atoms with Crippen LogP contribution in [0.5, 0.6) is 0 Å². The molecule has 1 unspecified atom stereocenters. The molecule has 134 valence electrons. The molecule has 2 aromatic rings. The number of anilines is 1. The maximum absolute atomic E-state index is 13.4. The molecule has 2 saturated carbocycles. The van der Waals surface area contributed by atoms with Gasteiger partial charge in [-0.05, 0) is 43.6 Å². The van der Waals surface area contributed by atoms with E-state index in [4.69, 9.17) is 0 Å². The first-order valence-corrected chi connectivity index (χ1v) is 8.92. The van der Waals surface area contributed by atoms with Crippen LogP contribution in [0.25, 0.3) is 11.0 Å². The SMILES string of the molecule is O=C(N[C@H]1CCC2(CCCC2)C1)C(O)Nc1c[nH]c2ncc(F)cc12. The number of rotatable bonds is 4. The van der Waals surface area contributed by atoms with Gasteiger partial charge in [-0.3, -0.25) is 4.79 Å². The molecule has 1 spiro atoms. The minimum atomic E-state index is -1.39. The molecule has 2 aliphatic rings. The molecule has 4 rings (SSSR count). The Morgan fingerprint density at radius 3 is 3.00 bits per heavy atom. The summed E-state index contributed by atoms with van der Waals surface area (Å²) in [7, 11) is 0. The Hall–Kier alpha value is -2.15. The highest BCUT2D eigenvalue weighted by Crippen LogP contribution is 2.50. The molecule has 1 amide bonds. The second-order valence-corrected chi connectivity index (χ2v) is 7.45. The number of carbonyl (C=O) groups is 1. The van der Waals surface area contributed by atoms with Crippen molar-refractivity contribution >= 4 is 22.6 Å². The Bertz CT molecular complexity index is 784. The zero-order valence-electron chi connectivity index (χ0n) is 14.0. The number of H-pyrrole nitrogens is 1. The van der Waals surface area contributed by atoms with E-state index in [0.717, 1.165) is 25.5 Å². The topological polar surface area (TPSA) is 90.0 Å². The number of aliphatic hydroxyl groups is 1. The molecule has 6 nitrogen and oxygen atoms in total. The van der Waals surface area contributed by atoms with Gasteiger partial charge in [0.1, 0.15) is 11.5 Å². The molecule has 7 heteroatoms. The van der Waals surface area contributed by atoms with Crippen LogP contribution in [-0.2, 0) is 4.79 Å². The third-order valence-electron chi connectivity index (χ3n) is 5.75. The minimum Gasteiger partial charge on any atom is -0.366 e. The monoisotopic (exact) mass is 346 g/mol. The third kappa shape index (κ3) is 3.20. The summed E-state index contributed by atoms with van der Waals surface area (Å²) in [5.74, 6) is -0.916. The number of carbonyl (C=O) groups excluding carboxylic acids is 1. The third-order valence-corrected chi connectivity index (χ3v) is 5.75. The van der Waals surface area contributed by atoms with Crippen LogP contribution in [0.1, 0.15) is 44.9 Å². The summed E-state index contributed by atoms with van der Waals surface area (Å²) in [6.07, 6.45) is 9.53. The van der Waals surface area contributed by atoms with Crippen molar-refractivity contribution in [2.45, 2.75) is 57.2 Å². The molecule has 0 radical (unpaired) electrons. The van der Waals surface area contributed by atoms with Gasteiger partial charge in [0.15, 0.2) is 0 Å². The fraction of sp³-hybridized carbons (Fsp3) is 0.556. The molecular formula is C18H23FN4O2. The Morgan fingerprint density at radius 2 is 2.20 bits per heavy atom. The maximum Gasteiger partial charge on any atom is 0.270 e. The number of hydrogen-bond acceptors (Lipinski definition) is 4. The lowest BCUT2D eigenvalue weighted by Gasteiger charge is -2.23. The van der Waals surface area contributed by atoms with Gasteiger partial charge in [-0.2, -0.15) is 0 Å². The number of halogens is 1. The van der Waals surface area contributed by atoms with Crippen molar-refractivity contribution < 1.29 is 14.3 Å². The Kier molecular flexibility index (Phi) is 4.11. The number of pyridine rings is 1. The van der Waals surface area contributed by atoms with Gasteiger partial charge in [0, 0.05) is 17.6 Å². The molecule has 2 atom stereocenters. The Balaban J connectivity index is 1.38. The quantitative estimate of drug-likeness (QED) is 0.641. The number of nitrogens with one attached hydrogen (secondary N) is 3. The first kappa shape index (κ1) is 16.3. The van der Waals surface area contributed by atoms with E-state index in [-0.39, 0.29) is 6.04 Å². The highest BCUT2D eigenvalue weighted by atomic mass is 19.1. The lowest BCUT2D eigenvalue weighted by atomic mass is 9.84. The predicted molar refractivity (Wildman–Crippen MR) is 92.4 cm³/mol. The summed E-state index contributed by atoms with van der Waals surface area (Å²) < 4.78 is 13.4. The van der Waals surface area contributed by atoms with Gasteiger partial charge in [0.2, 0.25) is 6.23 Å². The van der Waals surface area contributed by atoms with E-state index in [1.807, 2.05) is 0 Å². The van der Waals surface area contributed by atoms with E-state index in [9.17, 15) is 14.3 Å². The lowest BCUT2D eigenvalue weighted by Crippen LogP contribution is -2.44. The van der Waals surface area contributed by atoms with Crippen LogP contribution >= 0.6 is 0 Å². The van der Waals surface area contributed by atoms with Crippen molar-refractivity contribution in [1.29, 1.82) is 0 Å². The zero-order valence-corrected chi connectivity index (χ0v) is 14.0. The van der Waals surface area contributed by atoms with E-state index in [1.165, 1.54) is 31.7 Å². The number of fused-ring (bicyclic) bond motifs is 1. The molecular weight excluding hydrogens is 323 g/mol. The van der Waals surface area contributed by atoms with Crippen LogP contribution in [0.3, 0.4) is 0 Å². The van der Waals surface area contributed by atoms with Crippen molar-refractivity contribution in [3.8, 4) is 0 Å². The largest absolute Gasteiger partial charge is 0.366 e. The number of aliphatic hydroxyl groups excluding tert-OH is 1. The first-order valence-electron chi connectivity index (χ1n) is 8.92. The number of aromatic amines is 1. The molecule has 25 heavy (non-hydrogen) atoms. The normalized spacial score (nSPS) is 23.2. The molecule has 4 N–H and O–H groups in total. The van der Waals surface area contributed by atoms with Crippen molar-refractivity contribution in [3.05, 3.63) is 24.3 Å². The maximum atomic E-state index is 13.4. The average molecular weight is 346 g/mol.